The highest BCUT2D eigenvalue weighted by atomic mass is 32.2. The number of ether oxygens (including phenoxy) is 1. The smallest absolute Gasteiger partial charge is 0.240 e. The maximum atomic E-state index is 13.2. The Balaban J connectivity index is 1.44. The number of benzene rings is 1. The maximum absolute atomic E-state index is 13.2. The van der Waals surface area contributed by atoms with Gasteiger partial charge in [-0.05, 0) is 37.7 Å². The van der Waals surface area contributed by atoms with E-state index >= 15 is 0 Å². The number of rotatable bonds is 7. The highest BCUT2D eigenvalue weighted by molar-refractivity contribution is 8.01. The van der Waals surface area contributed by atoms with Crippen LogP contribution in [0.25, 0.3) is 0 Å². The molecule has 2 unspecified atom stereocenters. The first kappa shape index (κ1) is 19.7. The third kappa shape index (κ3) is 5.04. The van der Waals surface area contributed by atoms with Crippen LogP contribution in [-0.2, 0) is 9.53 Å². The molecule has 150 valence electrons. The third-order valence-corrected chi connectivity index (χ3v) is 7.33. The number of aromatic nitrogens is 2. The largest absolute Gasteiger partial charge is 0.376 e. The van der Waals surface area contributed by atoms with E-state index < -0.39 is 0 Å². The number of hydrogen-bond donors (Lipinski definition) is 1. The van der Waals surface area contributed by atoms with Crippen molar-refractivity contribution in [2.45, 2.75) is 47.8 Å². The number of piperidine rings is 1. The van der Waals surface area contributed by atoms with Crippen LogP contribution in [0.4, 0.5) is 5.13 Å². The normalized spacial score (nSPS) is 20.9. The van der Waals surface area contributed by atoms with Gasteiger partial charge >= 0.3 is 0 Å². The van der Waals surface area contributed by atoms with Crippen LogP contribution in [0.5, 0.6) is 0 Å². The Hall–Kier alpha value is -1.64. The number of likely N-dealkylation sites (tertiary alicyclic amines) is 1. The summed E-state index contributed by atoms with van der Waals surface area (Å²) in [6.45, 7) is 3.31. The fraction of sp³-hybridized carbons (Fsp3) is 0.550. The summed E-state index contributed by atoms with van der Waals surface area (Å²) in [5.41, 5.74) is 1.02. The standard InChI is InChI=1S/C20H26N4O2S2/c25-18(24-11-5-2-6-12-24)17(15-8-3-1-4-9-15)27-20-23-22-19(28-20)21-14-16-10-7-13-26-16/h1,3-4,8-9,16-17H,2,5-7,10-14H2,(H,21,22). The molecule has 28 heavy (non-hydrogen) atoms. The van der Waals surface area contributed by atoms with E-state index in [0.717, 1.165) is 67.0 Å². The van der Waals surface area contributed by atoms with Crippen molar-refractivity contribution in [2.24, 2.45) is 0 Å². The number of carbonyl (C=O) groups excluding carboxylic acids is 1. The van der Waals surface area contributed by atoms with Crippen molar-refractivity contribution >= 4 is 34.1 Å². The topological polar surface area (TPSA) is 67.3 Å². The first-order valence-electron chi connectivity index (χ1n) is 9.99. The molecule has 0 aliphatic carbocycles. The molecular weight excluding hydrogens is 392 g/mol. The van der Waals surface area contributed by atoms with Crippen LogP contribution >= 0.6 is 23.1 Å². The molecule has 6 nitrogen and oxygen atoms in total. The number of carbonyl (C=O) groups is 1. The van der Waals surface area contributed by atoms with Crippen LogP contribution in [-0.4, -0.2) is 53.3 Å². The highest BCUT2D eigenvalue weighted by Crippen LogP contribution is 2.39. The third-order valence-electron chi connectivity index (χ3n) is 5.12. The molecule has 2 saturated heterocycles. The molecule has 0 radical (unpaired) electrons. The lowest BCUT2D eigenvalue weighted by atomic mass is 10.1. The summed E-state index contributed by atoms with van der Waals surface area (Å²) in [7, 11) is 0. The van der Waals surface area contributed by atoms with Gasteiger partial charge < -0.3 is 15.0 Å². The molecule has 1 aromatic heterocycles. The Bertz CT molecular complexity index is 759. The molecule has 2 atom stereocenters. The van der Waals surface area contributed by atoms with Crippen LogP contribution in [0, 0.1) is 0 Å². The first-order valence-corrected chi connectivity index (χ1v) is 11.7. The lowest BCUT2D eigenvalue weighted by Crippen LogP contribution is -2.38. The van der Waals surface area contributed by atoms with Gasteiger partial charge in [-0.3, -0.25) is 4.79 Å². The zero-order valence-corrected chi connectivity index (χ0v) is 17.5. The fourth-order valence-corrected chi connectivity index (χ4v) is 5.64. The second-order valence-electron chi connectivity index (χ2n) is 7.18. The van der Waals surface area contributed by atoms with E-state index in [1.165, 1.54) is 29.5 Å². The van der Waals surface area contributed by atoms with Gasteiger partial charge in [0.1, 0.15) is 5.25 Å². The summed E-state index contributed by atoms with van der Waals surface area (Å²) < 4.78 is 6.45. The second kappa shape index (κ2) is 9.71. The molecule has 2 aliphatic rings. The van der Waals surface area contributed by atoms with E-state index in [1.54, 1.807) is 0 Å². The van der Waals surface area contributed by atoms with Gasteiger partial charge in [0.25, 0.3) is 0 Å². The molecule has 1 amide bonds. The van der Waals surface area contributed by atoms with Crippen molar-refractivity contribution in [3.8, 4) is 0 Å². The molecule has 4 rings (SSSR count). The molecule has 2 aliphatic heterocycles. The Morgan fingerprint density at radius 3 is 2.79 bits per heavy atom. The Morgan fingerprint density at radius 1 is 1.21 bits per heavy atom. The minimum absolute atomic E-state index is 0.181. The number of hydrogen-bond acceptors (Lipinski definition) is 7. The fourth-order valence-electron chi connectivity index (χ4n) is 3.61. The molecule has 8 heteroatoms. The van der Waals surface area contributed by atoms with E-state index in [0.29, 0.717) is 0 Å². The summed E-state index contributed by atoms with van der Waals surface area (Å²) in [6, 6.07) is 10.0. The second-order valence-corrected chi connectivity index (χ2v) is 9.51. The van der Waals surface area contributed by atoms with Crippen LogP contribution in [0.15, 0.2) is 34.7 Å². The lowest BCUT2D eigenvalue weighted by Gasteiger charge is -2.30. The van der Waals surface area contributed by atoms with E-state index in [1.807, 2.05) is 35.2 Å². The molecule has 2 fully saturated rings. The monoisotopic (exact) mass is 418 g/mol. The average molecular weight is 419 g/mol. The predicted octanol–water partition coefficient (Wildman–Crippen LogP) is 3.97. The van der Waals surface area contributed by atoms with Crippen molar-refractivity contribution in [1.82, 2.24) is 15.1 Å². The number of anilines is 1. The predicted molar refractivity (Wildman–Crippen MR) is 113 cm³/mol. The van der Waals surface area contributed by atoms with E-state index in [2.05, 4.69) is 15.5 Å². The molecule has 2 aromatic rings. The Kier molecular flexibility index (Phi) is 6.82. The van der Waals surface area contributed by atoms with Gasteiger partial charge in [0.15, 0.2) is 4.34 Å². The molecule has 3 heterocycles. The van der Waals surface area contributed by atoms with Gasteiger partial charge in [-0.15, -0.1) is 10.2 Å². The van der Waals surface area contributed by atoms with Crippen molar-refractivity contribution in [3.63, 3.8) is 0 Å². The number of thioether (sulfide) groups is 1. The highest BCUT2D eigenvalue weighted by Gasteiger charge is 2.29. The number of nitrogens with one attached hydrogen (secondary N) is 1. The summed E-state index contributed by atoms with van der Waals surface area (Å²) in [4.78, 5) is 15.2. The Morgan fingerprint density at radius 2 is 2.04 bits per heavy atom. The minimum atomic E-state index is -0.279. The van der Waals surface area contributed by atoms with Crippen LogP contribution in [0.3, 0.4) is 0 Å². The zero-order chi connectivity index (χ0) is 19.2. The van der Waals surface area contributed by atoms with Crippen LogP contribution in [0.2, 0.25) is 0 Å². The molecule has 0 saturated carbocycles. The summed E-state index contributed by atoms with van der Waals surface area (Å²) in [5.74, 6) is 0.181. The number of amides is 1. The van der Waals surface area contributed by atoms with Gasteiger partial charge in [0, 0.05) is 26.2 Å². The van der Waals surface area contributed by atoms with Gasteiger partial charge in [-0.1, -0.05) is 53.4 Å². The number of nitrogens with zero attached hydrogens (tertiary/aromatic N) is 3. The van der Waals surface area contributed by atoms with Crippen molar-refractivity contribution < 1.29 is 9.53 Å². The quantitative estimate of drug-likeness (QED) is 0.686. The SMILES string of the molecule is O=C(C(Sc1nnc(NCC2CCCO2)s1)c1ccccc1)N1CCCCC1. The minimum Gasteiger partial charge on any atom is -0.376 e. The molecule has 0 spiro atoms. The first-order chi connectivity index (χ1) is 13.8. The van der Waals surface area contributed by atoms with Gasteiger partial charge in [0.2, 0.25) is 11.0 Å². The molecule has 0 bridgehead atoms. The van der Waals surface area contributed by atoms with Crippen molar-refractivity contribution in [1.29, 1.82) is 0 Å². The van der Waals surface area contributed by atoms with Crippen LogP contribution in [0.1, 0.15) is 42.9 Å². The summed E-state index contributed by atoms with van der Waals surface area (Å²) in [6.07, 6.45) is 5.87. The van der Waals surface area contributed by atoms with Gasteiger partial charge in [0.05, 0.1) is 6.10 Å². The average Bonchev–Trinajstić information content (AvgIpc) is 3.43. The molecule has 1 aromatic carbocycles. The molecular formula is C20H26N4O2S2. The van der Waals surface area contributed by atoms with Gasteiger partial charge in [-0.25, -0.2) is 0 Å². The van der Waals surface area contributed by atoms with E-state index in [9.17, 15) is 4.79 Å². The summed E-state index contributed by atoms with van der Waals surface area (Å²) in [5, 5.41) is 12.4. The summed E-state index contributed by atoms with van der Waals surface area (Å²) >= 11 is 3.01. The Labute approximate surface area is 174 Å². The van der Waals surface area contributed by atoms with Crippen molar-refractivity contribution in [3.05, 3.63) is 35.9 Å². The van der Waals surface area contributed by atoms with E-state index in [-0.39, 0.29) is 17.3 Å². The van der Waals surface area contributed by atoms with Crippen molar-refractivity contribution in [2.75, 3.05) is 31.6 Å². The zero-order valence-electron chi connectivity index (χ0n) is 15.9. The van der Waals surface area contributed by atoms with E-state index in [4.69, 9.17) is 4.74 Å². The maximum Gasteiger partial charge on any atom is 0.240 e. The molecule has 1 N–H and O–H groups in total. The van der Waals surface area contributed by atoms with Gasteiger partial charge in [-0.2, -0.15) is 0 Å². The lowest BCUT2D eigenvalue weighted by molar-refractivity contribution is -0.131. The van der Waals surface area contributed by atoms with Crippen LogP contribution < -0.4 is 5.32 Å².